The Balaban J connectivity index is 1.82. The number of carboxylic acids is 1. The van der Waals surface area contributed by atoms with Crippen molar-refractivity contribution in [2.45, 2.75) is 18.5 Å². The standard InChI is InChI=1S/C18H14ClN3O6S/c1-18(17(25)26)13-12(14(20-18)10-5-6-11(19)29-10)15(23)21(16(13)24)8-3-2-4-9(7-8)22(27)28/h2-7,12-14,20H,1H3,(H,25,26). The number of aliphatic carboxylic acids is 1. The van der Waals surface area contributed by atoms with Crippen molar-refractivity contribution < 1.29 is 24.4 Å². The number of carbonyl (C=O) groups is 3. The molecule has 2 aromatic rings. The third kappa shape index (κ3) is 2.83. The summed E-state index contributed by atoms with van der Waals surface area (Å²) in [5.74, 6) is -4.72. The van der Waals surface area contributed by atoms with Crippen LogP contribution in [0.25, 0.3) is 0 Å². The van der Waals surface area contributed by atoms with Gasteiger partial charge in [0.05, 0.1) is 32.8 Å². The van der Waals surface area contributed by atoms with E-state index in [1.165, 1.54) is 36.5 Å². The summed E-state index contributed by atoms with van der Waals surface area (Å²) >= 11 is 7.19. The van der Waals surface area contributed by atoms with Crippen molar-refractivity contribution in [3.8, 4) is 0 Å². The molecular weight excluding hydrogens is 422 g/mol. The predicted octanol–water partition coefficient (Wildman–Crippen LogP) is 2.60. The minimum atomic E-state index is -1.69. The Morgan fingerprint density at radius 2 is 2.03 bits per heavy atom. The zero-order valence-corrected chi connectivity index (χ0v) is 16.4. The second-order valence-corrected chi connectivity index (χ2v) is 8.81. The number of carbonyl (C=O) groups excluding carboxylic acids is 2. The van der Waals surface area contributed by atoms with Gasteiger partial charge in [0, 0.05) is 17.0 Å². The van der Waals surface area contributed by atoms with E-state index in [9.17, 15) is 29.6 Å². The molecule has 150 valence electrons. The van der Waals surface area contributed by atoms with Crippen LogP contribution in [0.1, 0.15) is 17.8 Å². The van der Waals surface area contributed by atoms with Gasteiger partial charge in [-0.3, -0.25) is 29.8 Å². The first kappa shape index (κ1) is 19.5. The van der Waals surface area contributed by atoms with Crippen LogP contribution >= 0.6 is 22.9 Å². The highest BCUT2D eigenvalue weighted by atomic mass is 35.5. The van der Waals surface area contributed by atoms with Gasteiger partial charge < -0.3 is 5.11 Å². The van der Waals surface area contributed by atoms with Crippen molar-refractivity contribution in [3.05, 3.63) is 55.7 Å². The number of nitrogens with zero attached hydrogens (tertiary/aromatic N) is 2. The summed E-state index contributed by atoms with van der Waals surface area (Å²) in [4.78, 5) is 50.4. The van der Waals surface area contributed by atoms with Crippen LogP contribution in [0.4, 0.5) is 11.4 Å². The molecule has 2 aliphatic rings. The average molecular weight is 436 g/mol. The summed E-state index contributed by atoms with van der Waals surface area (Å²) in [5.41, 5.74) is -1.92. The van der Waals surface area contributed by atoms with Gasteiger partial charge in [0.2, 0.25) is 11.8 Å². The van der Waals surface area contributed by atoms with Gasteiger partial charge in [0.25, 0.3) is 5.69 Å². The van der Waals surface area contributed by atoms with E-state index in [0.29, 0.717) is 9.21 Å². The number of nitro benzene ring substituents is 1. The van der Waals surface area contributed by atoms with E-state index < -0.39 is 46.1 Å². The highest BCUT2D eigenvalue weighted by molar-refractivity contribution is 7.16. The van der Waals surface area contributed by atoms with Gasteiger partial charge in [0.1, 0.15) is 5.54 Å². The van der Waals surface area contributed by atoms with Gasteiger partial charge in [0.15, 0.2) is 0 Å². The van der Waals surface area contributed by atoms with Crippen LogP contribution in [0.5, 0.6) is 0 Å². The number of benzene rings is 1. The third-order valence-corrected chi connectivity index (χ3v) is 6.75. The smallest absolute Gasteiger partial charge is 0.324 e. The average Bonchev–Trinajstić information content (AvgIpc) is 3.30. The summed E-state index contributed by atoms with van der Waals surface area (Å²) in [6.07, 6.45) is 0. The van der Waals surface area contributed by atoms with Crippen molar-refractivity contribution in [2.75, 3.05) is 4.90 Å². The number of imide groups is 1. The Labute approximate surface area is 173 Å². The fourth-order valence-electron chi connectivity index (χ4n) is 4.08. The molecule has 3 heterocycles. The highest BCUT2D eigenvalue weighted by Gasteiger charge is 2.67. The number of thiophene rings is 1. The number of anilines is 1. The Kier molecular flexibility index (Phi) is 4.45. The number of carboxylic acid groups (broad SMARTS) is 1. The van der Waals surface area contributed by atoms with E-state index in [1.807, 2.05) is 0 Å². The first-order valence-corrected chi connectivity index (χ1v) is 9.73. The summed E-state index contributed by atoms with van der Waals surface area (Å²) in [6, 6.07) is 7.74. The second kappa shape index (κ2) is 6.61. The molecule has 0 spiro atoms. The topological polar surface area (TPSA) is 130 Å². The summed E-state index contributed by atoms with van der Waals surface area (Å²) < 4.78 is 0.467. The number of nitrogens with one attached hydrogen (secondary N) is 1. The normalized spacial score (nSPS) is 28.6. The Morgan fingerprint density at radius 1 is 1.31 bits per heavy atom. The van der Waals surface area contributed by atoms with Crippen LogP contribution in [0.3, 0.4) is 0 Å². The maximum absolute atomic E-state index is 13.3. The molecule has 4 unspecified atom stereocenters. The second-order valence-electron chi connectivity index (χ2n) is 7.06. The summed E-state index contributed by atoms with van der Waals surface area (Å²) in [6.45, 7) is 1.37. The molecule has 9 nitrogen and oxygen atoms in total. The molecule has 2 fully saturated rings. The fourth-order valence-corrected chi connectivity index (χ4v) is 5.24. The molecule has 2 amide bonds. The molecule has 0 saturated carbocycles. The quantitative estimate of drug-likeness (QED) is 0.428. The number of halogens is 1. The number of amides is 2. The summed E-state index contributed by atoms with van der Waals surface area (Å²) in [5, 5.41) is 23.8. The van der Waals surface area contributed by atoms with Crippen molar-refractivity contribution in [2.24, 2.45) is 11.8 Å². The molecule has 2 saturated heterocycles. The first-order valence-electron chi connectivity index (χ1n) is 8.53. The van der Waals surface area contributed by atoms with Crippen molar-refractivity contribution >= 4 is 52.1 Å². The lowest BCUT2D eigenvalue weighted by Gasteiger charge is -2.27. The van der Waals surface area contributed by atoms with Gasteiger partial charge in [-0.25, -0.2) is 4.90 Å². The molecule has 0 aliphatic carbocycles. The van der Waals surface area contributed by atoms with Gasteiger partial charge in [-0.1, -0.05) is 17.7 Å². The lowest BCUT2D eigenvalue weighted by Crippen LogP contribution is -2.53. The lowest BCUT2D eigenvalue weighted by molar-refractivity contribution is -0.384. The van der Waals surface area contributed by atoms with Gasteiger partial charge >= 0.3 is 5.97 Å². The molecule has 2 N–H and O–H groups in total. The minimum Gasteiger partial charge on any atom is -0.480 e. The molecular formula is C18H14ClN3O6S. The van der Waals surface area contributed by atoms with Crippen molar-refractivity contribution in [1.82, 2.24) is 5.32 Å². The summed E-state index contributed by atoms with van der Waals surface area (Å²) in [7, 11) is 0. The molecule has 1 aromatic carbocycles. The molecule has 29 heavy (non-hydrogen) atoms. The number of nitro groups is 1. The highest BCUT2D eigenvalue weighted by Crippen LogP contribution is 2.51. The predicted molar refractivity (Wildman–Crippen MR) is 104 cm³/mol. The molecule has 11 heteroatoms. The Morgan fingerprint density at radius 3 is 2.62 bits per heavy atom. The molecule has 4 rings (SSSR count). The zero-order chi connectivity index (χ0) is 21.1. The van der Waals surface area contributed by atoms with E-state index in [4.69, 9.17) is 11.6 Å². The van der Waals surface area contributed by atoms with Gasteiger partial charge in [-0.05, 0) is 25.1 Å². The van der Waals surface area contributed by atoms with E-state index in [1.54, 1.807) is 12.1 Å². The molecule has 0 bridgehead atoms. The molecule has 4 atom stereocenters. The van der Waals surface area contributed by atoms with Gasteiger partial charge in [-0.2, -0.15) is 0 Å². The van der Waals surface area contributed by atoms with Crippen molar-refractivity contribution in [1.29, 1.82) is 0 Å². The number of fused-ring (bicyclic) bond motifs is 1. The maximum atomic E-state index is 13.3. The Bertz CT molecular complexity index is 1070. The van der Waals surface area contributed by atoms with Crippen LogP contribution in [0.15, 0.2) is 36.4 Å². The fraction of sp³-hybridized carbons (Fsp3) is 0.278. The lowest BCUT2D eigenvalue weighted by atomic mass is 9.81. The van der Waals surface area contributed by atoms with E-state index in [-0.39, 0.29) is 11.4 Å². The number of hydrogen-bond acceptors (Lipinski definition) is 7. The van der Waals surface area contributed by atoms with Gasteiger partial charge in [-0.15, -0.1) is 11.3 Å². The molecule has 0 radical (unpaired) electrons. The molecule has 1 aromatic heterocycles. The third-order valence-electron chi connectivity index (χ3n) is 5.43. The number of hydrogen-bond donors (Lipinski definition) is 2. The van der Waals surface area contributed by atoms with Crippen LogP contribution < -0.4 is 10.2 Å². The van der Waals surface area contributed by atoms with E-state index in [0.717, 1.165) is 11.0 Å². The van der Waals surface area contributed by atoms with E-state index in [2.05, 4.69) is 5.32 Å². The number of non-ortho nitro benzene ring substituents is 1. The van der Waals surface area contributed by atoms with E-state index >= 15 is 0 Å². The molecule has 2 aliphatic heterocycles. The van der Waals surface area contributed by atoms with Crippen LogP contribution in [0.2, 0.25) is 4.34 Å². The van der Waals surface area contributed by atoms with Crippen LogP contribution in [0, 0.1) is 22.0 Å². The largest absolute Gasteiger partial charge is 0.480 e. The first-order chi connectivity index (χ1) is 13.6. The minimum absolute atomic E-state index is 0.0410. The number of rotatable bonds is 4. The van der Waals surface area contributed by atoms with Crippen LogP contribution in [-0.2, 0) is 14.4 Å². The monoisotopic (exact) mass is 435 g/mol. The zero-order valence-electron chi connectivity index (χ0n) is 14.9. The SMILES string of the molecule is CC1(C(=O)O)NC(c2ccc(Cl)s2)C2C(=O)N(c3cccc([N+](=O)[O-])c3)C(=O)C21. The Hall–Kier alpha value is -2.82. The maximum Gasteiger partial charge on any atom is 0.324 e. The van der Waals surface area contributed by atoms with Crippen molar-refractivity contribution in [3.63, 3.8) is 0 Å². The van der Waals surface area contributed by atoms with Crippen LogP contribution in [-0.4, -0.2) is 33.4 Å².